The number of hydrogen-bond acceptors (Lipinski definition) is 6. The Hall–Kier alpha value is -3.47. The van der Waals surface area contributed by atoms with Crippen LogP contribution in [0.1, 0.15) is 17.0 Å². The van der Waals surface area contributed by atoms with E-state index in [4.69, 9.17) is 16.3 Å². The number of ether oxygens (including phenoxy) is 1. The number of fused-ring (bicyclic) bond motifs is 1. The first-order valence-corrected chi connectivity index (χ1v) is 9.62. The molecule has 0 saturated carbocycles. The van der Waals surface area contributed by atoms with Gasteiger partial charge in [0.25, 0.3) is 0 Å². The smallest absolute Gasteiger partial charge is 0.451 e. The lowest BCUT2D eigenvalue weighted by Crippen LogP contribution is -2.15. The van der Waals surface area contributed by atoms with Gasteiger partial charge in [0.1, 0.15) is 11.6 Å². The Morgan fingerprint density at radius 2 is 1.84 bits per heavy atom. The molecule has 32 heavy (non-hydrogen) atoms. The second-order valence-corrected chi connectivity index (χ2v) is 7.12. The number of aromatic nitrogens is 5. The summed E-state index contributed by atoms with van der Waals surface area (Å²) in [6.07, 6.45) is -4.81. The minimum atomic E-state index is -4.81. The van der Waals surface area contributed by atoms with Crippen LogP contribution in [0, 0.1) is 5.82 Å². The minimum Gasteiger partial charge on any atom is -0.497 e. The Morgan fingerprint density at radius 1 is 1.09 bits per heavy atom. The lowest BCUT2D eigenvalue weighted by atomic mass is 10.2. The molecular weight excluding hydrogens is 452 g/mol. The molecule has 2 heterocycles. The molecule has 1 N–H and O–H groups in total. The Labute approximate surface area is 184 Å². The van der Waals surface area contributed by atoms with Gasteiger partial charge in [-0.2, -0.15) is 13.2 Å². The first-order chi connectivity index (χ1) is 15.3. The van der Waals surface area contributed by atoms with Gasteiger partial charge in [-0.15, -0.1) is 5.10 Å². The van der Waals surface area contributed by atoms with E-state index in [0.717, 1.165) is 10.2 Å². The second kappa shape index (κ2) is 8.58. The van der Waals surface area contributed by atoms with Crippen LogP contribution in [-0.4, -0.2) is 32.1 Å². The molecule has 2 aromatic heterocycles. The van der Waals surface area contributed by atoms with Crippen LogP contribution in [-0.2, 0) is 19.3 Å². The summed E-state index contributed by atoms with van der Waals surface area (Å²) in [7, 11) is 1.53. The van der Waals surface area contributed by atoms with E-state index in [9.17, 15) is 17.6 Å². The number of benzene rings is 2. The highest BCUT2D eigenvalue weighted by Gasteiger charge is 2.36. The molecule has 0 bridgehead atoms. The van der Waals surface area contributed by atoms with Crippen LogP contribution in [0.2, 0.25) is 5.02 Å². The third-order valence-electron chi connectivity index (χ3n) is 4.60. The fourth-order valence-electron chi connectivity index (χ4n) is 2.97. The molecule has 2 aromatic carbocycles. The summed E-state index contributed by atoms with van der Waals surface area (Å²) in [5, 5.41) is 10.7. The number of halogens is 5. The van der Waals surface area contributed by atoms with Crippen molar-refractivity contribution in [3.63, 3.8) is 0 Å². The maximum Gasteiger partial charge on any atom is 0.451 e. The third kappa shape index (κ3) is 4.42. The van der Waals surface area contributed by atoms with Crippen LogP contribution in [0.15, 0.2) is 42.5 Å². The molecule has 7 nitrogen and oxygen atoms in total. The lowest BCUT2D eigenvalue weighted by Gasteiger charge is -2.11. The Morgan fingerprint density at radius 3 is 2.50 bits per heavy atom. The zero-order valence-electron chi connectivity index (χ0n) is 16.5. The van der Waals surface area contributed by atoms with Gasteiger partial charge in [-0.3, -0.25) is 0 Å². The Bertz CT molecular complexity index is 1240. The molecule has 0 aliphatic heterocycles. The van der Waals surface area contributed by atoms with Crippen molar-refractivity contribution in [2.45, 2.75) is 19.3 Å². The van der Waals surface area contributed by atoms with Crippen LogP contribution >= 0.6 is 11.6 Å². The summed E-state index contributed by atoms with van der Waals surface area (Å²) in [6, 6.07) is 11.0. The predicted octanol–water partition coefficient (Wildman–Crippen LogP) is 4.70. The fraction of sp³-hybridized carbons (Fsp3) is 0.200. The summed E-state index contributed by atoms with van der Waals surface area (Å²) in [5.74, 6) is -1.49. The topological polar surface area (TPSA) is 77.8 Å². The van der Waals surface area contributed by atoms with Crippen molar-refractivity contribution in [2.75, 3.05) is 12.4 Å². The van der Waals surface area contributed by atoms with Crippen LogP contribution in [0.3, 0.4) is 0 Å². The maximum atomic E-state index is 14.2. The number of anilines is 1. The predicted molar refractivity (Wildman–Crippen MR) is 109 cm³/mol. The van der Waals surface area contributed by atoms with Crippen LogP contribution in [0.4, 0.5) is 23.4 Å². The van der Waals surface area contributed by atoms with Gasteiger partial charge < -0.3 is 10.1 Å². The molecule has 0 amide bonds. The average molecular weight is 467 g/mol. The van der Waals surface area contributed by atoms with Crippen molar-refractivity contribution in [2.24, 2.45) is 0 Å². The van der Waals surface area contributed by atoms with Gasteiger partial charge in [0, 0.05) is 17.1 Å². The molecular formula is C20H15ClF4N6O. The molecule has 4 rings (SSSR count). The molecule has 0 saturated heterocycles. The quantitative estimate of drug-likeness (QED) is 0.415. The van der Waals surface area contributed by atoms with E-state index in [1.54, 1.807) is 24.3 Å². The summed E-state index contributed by atoms with van der Waals surface area (Å²) in [6.45, 7) is -0.0896. The third-order valence-corrected chi connectivity index (χ3v) is 4.96. The molecule has 0 aliphatic carbocycles. The molecule has 166 valence electrons. The number of alkyl halides is 3. The van der Waals surface area contributed by atoms with E-state index in [0.29, 0.717) is 5.75 Å². The summed E-state index contributed by atoms with van der Waals surface area (Å²) >= 11 is 6.04. The van der Waals surface area contributed by atoms with E-state index in [1.165, 1.54) is 25.3 Å². The molecule has 12 heteroatoms. The first-order valence-electron chi connectivity index (χ1n) is 9.24. The Kier molecular flexibility index (Phi) is 5.83. The molecule has 0 unspecified atom stereocenters. The van der Waals surface area contributed by atoms with Crippen molar-refractivity contribution in [3.8, 4) is 5.75 Å². The van der Waals surface area contributed by atoms with Crippen LogP contribution < -0.4 is 10.1 Å². The summed E-state index contributed by atoms with van der Waals surface area (Å²) in [5.41, 5.74) is 0.639. The monoisotopic (exact) mass is 466 g/mol. The summed E-state index contributed by atoms with van der Waals surface area (Å²) in [4.78, 5) is 7.17. The van der Waals surface area contributed by atoms with Crippen molar-refractivity contribution >= 4 is 28.6 Å². The molecule has 4 aromatic rings. The van der Waals surface area contributed by atoms with Crippen molar-refractivity contribution in [1.82, 2.24) is 25.0 Å². The van der Waals surface area contributed by atoms with E-state index in [2.05, 4.69) is 25.6 Å². The largest absolute Gasteiger partial charge is 0.497 e. The second-order valence-electron chi connectivity index (χ2n) is 6.71. The highest BCUT2D eigenvalue weighted by atomic mass is 35.5. The van der Waals surface area contributed by atoms with E-state index in [-0.39, 0.29) is 40.7 Å². The molecule has 0 aliphatic rings. The highest BCUT2D eigenvalue weighted by Crippen LogP contribution is 2.30. The van der Waals surface area contributed by atoms with Gasteiger partial charge in [0.05, 0.1) is 13.7 Å². The van der Waals surface area contributed by atoms with E-state index >= 15 is 0 Å². The lowest BCUT2D eigenvalue weighted by molar-refractivity contribution is -0.144. The van der Waals surface area contributed by atoms with Gasteiger partial charge >= 0.3 is 6.18 Å². The van der Waals surface area contributed by atoms with Crippen LogP contribution in [0.25, 0.3) is 11.2 Å². The zero-order valence-corrected chi connectivity index (χ0v) is 17.2. The maximum absolute atomic E-state index is 14.2. The molecule has 0 atom stereocenters. The molecule has 0 fully saturated rings. The Balaban J connectivity index is 1.72. The van der Waals surface area contributed by atoms with E-state index < -0.39 is 17.8 Å². The average Bonchev–Trinajstić information content (AvgIpc) is 3.17. The van der Waals surface area contributed by atoms with Gasteiger partial charge in [0.2, 0.25) is 5.82 Å². The number of hydrogen-bond donors (Lipinski definition) is 1. The van der Waals surface area contributed by atoms with Gasteiger partial charge in [-0.05, 0) is 29.8 Å². The van der Waals surface area contributed by atoms with Crippen molar-refractivity contribution < 1.29 is 22.3 Å². The van der Waals surface area contributed by atoms with Crippen molar-refractivity contribution in [1.29, 1.82) is 0 Å². The normalized spacial score (nSPS) is 11.7. The number of methoxy groups -OCH3 is 1. The highest BCUT2D eigenvalue weighted by molar-refractivity contribution is 6.31. The standard InChI is InChI=1S/C20H15ClF4N6O/c1-32-12-7-5-11(6-8-12)9-26-17-16-18(28-19(27-17)20(23,24)25)31(30-29-16)10-13-14(21)3-2-4-15(13)22/h2-8H,9-10H2,1H3,(H,26,27,28). The minimum absolute atomic E-state index is 0.0129. The summed E-state index contributed by atoms with van der Waals surface area (Å²) < 4.78 is 60.6. The van der Waals surface area contributed by atoms with Gasteiger partial charge in [-0.1, -0.05) is 35.0 Å². The number of nitrogens with one attached hydrogen (secondary N) is 1. The molecule has 0 spiro atoms. The number of nitrogens with zero attached hydrogens (tertiary/aromatic N) is 5. The molecule has 0 radical (unpaired) electrons. The van der Waals surface area contributed by atoms with Crippen molar-refractivity contribution in [3.05, 3.63) is 70.3 Å². The fourth-order valence-corrected chi connectivity index (χ4v) is 3.20. The van der Waals surface area contributed by atoms with Gasteiger partial charge in [0.15, 0.2) is 17.0 Å². The number of rotatable bonds is 6. The van der Waals surface area contributed by atoms with Gasteiger partial charge in [-0.25, -0.2) is 19.0 Å². The zero-order chi connectivity index (χ0) is 22.9. The first kappa shape index (κ1) is 21.8. The van der Waals surface area contributed by atoms with Crippen LogP contribution in [0.5, 0.6) is 5.75 Å². The SMILES string of the molecule is COc1ccc(CNc2nc(C(F)(F)F)nc3c2nnn3Cc2c(F)cccc2Cl)cc1. The van der Waals surface area contributed by atoms with E-state index in [1.807, 2.05) is 0 Å².